The van der Waals surface area contributed by atoms with Crippen LogP contribution in [-0.2, 0) is 4.74 Å². The van der Waals surface area contributed by atoms with Gasteiger partial charge < -0.3 is 25.0 Å². The molecule has 2 aromatic carbocycles. The first kappa shape index (κ1) is 29.9. The molecule has 0 radical (unpaired) electrons. The van der Waals surface area contributed by atoms with E-state index in [0.29, 0.717) is 23.5 Å². The van der Waals surface area contributed by atoms with Gasteiger partial charge in [-0.15, -0.1) is 0 Å². The van der Waals surface area contributed by atoms with Gasteiger partial charge in [-0.05, 0) is 12.1 Å². The first-order valence-corrected chi connectivity index (χ1v) is 11.7. The van der Waals surface area contributed by atoms with Crippen molar-refractivity contribution in [3.05, 3.63) is 67.8 Å². The highest BCUT2D eigenvalue weighted by molar-refractivity contribution is 6.00. The fourth-order valence-corrected chi connectivity index (χ4v) is 3.63. The Labute approximate surface area is 219 Å². The summed E-state index contributed by atoms with van der Waals surface area (Å²) in [4.78, 5) is 49.0. The van der Waals surface area contributed by atoms with Crippen molar-refractivity contribution >= 4 is 34.6 Å². The third kappa shape index (κ3) is 8.38. The minimum absolute atomic E-state index is 0.0291. The number of non-ortho nitro benzene ring substituents is 2. The summed E-state index contributed by atoms with van der Waals surface area (Å²) in [7, 11) is 6.77. The number of nitrogens with zero attached hydrogens (tertiary/aromatic N) is 5. The molecule has 0 aromatic heterocycles. The minimum atomic E-state index is -1.10. The summed E-state index contributed by atoms with van der Waals surface area (Å²) in [6, 6.07) is 7.91. The number of aromatic carboxylic acids is 1. The largest absolute Gasteiger partial charge is 0.478 e. The Balaban J connectivity index is 0.000000293. The van der Waals surface area contributed by atoms with Crippen LogP contribution in [0.25, 0.3) is 0 Å². The van der Waals surface area contributed by atoms with Gasteiger partial charge in [-0.25, -0.2) is 4.79 Å². The van der Waals surface area contributed by atoms with Crippen LogP contribution in [0.5, 0.6) is 0 Å². The highest BCUT2D eigenvalue weighted by Crippen LogP contribution is 2.25. The second-order valence-electron chi connectivity index (χ2n) is 8.72. The molecule has 1 saturated heterocycles. The Hall–Kier alpha value is -4.30. The van der Waals surface area contributed by atoms with Crippen LogP contribution in [0.2, 0.25) is 0 Å². The van der Waals surface area contributed by atoms with Crippen molar-refractivity contribution in [2.45, 2.75) is 0 Å². The van der Waals surface area contributed by atoms with Gasteiger partial charge in [0.1, 0.15) is 0 Å². The van der Waals surface area contributed by atoms with E-state index in [0.717, 1.165) is 32.8 Å². The number of morpholine rings is 1. The van der Waals surface area contributed by atoms with Crippen molar-refractivity contribution in [2.75, 3.05) is 77.4 Å². The van der Waals surface area contributed by atoms with E-state index in [-0.39, 0.29) is 22.8 Å². The second kappa shape index (κ2) is 13.9. The van der Waals surface area contributed by atoms with E-state index in [2.05, 4.69) is 10.2 Å². The predicted octanol–water partition coefficient (Wildman–Crippen LogP) is 2.08. The van der Waals surface area contributed by atoms with Crippen molar-refractivity contribution in [3.8, 4) is 0 Å². The number of nitrogens with one attached hydrogen (secondary N) is 1. The maximum Gasteiger partial charge on any atom is 0.337 e. The van der Waals surface area contributed by atoms with Gasteiger partial charge in [0.05, 0.1) is 45.6 Å². The molecular formula is C24H32N6O8. The molecule has 0 bridgehead atoms. The Morgan fingerprint density at radius 2 is 1.39 bits per heavy atom. The normalized spacial score (nSPS) is 13.1. The molecule has 0 unspecified atom stereocenters. The average Bonchev–Trinajstić information content (AvgIpc) is 2.88. The summed E-state index contributed by atoms with van der Waals surface area (Å²) in [5.41, 5.74) is 1.18. The summed E-state index contributed by atoms with van der Waals surface area (Å²) >= 11 is 0. The van der Waals surface area contributed by atoms with Crippen LogP contribution in [0.4, 0.5) is 22.7 Å². The molecule has 1 aliphatic heterocycles. The topological polar surface area (TPSA) is 172 Å². The highest BCUT2D eigenvalue weighted by atomic mass is 16.6. The summed E-state index contributed by atoms with van der Waals surface area (Å²) in [5.74, 6) is -1.33. The molecule has 3 rings (SSSR count). The molecule has 2 aromatic rings. The van der Waals surface area contributed by atoms with Crippen molar-refractivity contribution in [1.29, 1.82) is 0 Å². The number of ether oxygens (including phenoxy) is 1. The molecule has 0 spiro atoms. The quantitative estimate of drug-likeness (QED) is 0.358. The lowest BCUT2D eigenvalue weighted by Crippen LogP contribution is -2.41. The molecular weight excluding hydrogens is 500 g/mol. The standard InChI is InChI=1S/C15H22N4O4.C9H10N2O4/c1-17(2)14-11-12(19(21)22)3-4-13(14)15(20)16-5-6-18-7-9-23-10-8-18;1-10(2)8-5-6(11(14)15)3-4-7(8)9(12)13/h3-4,11H,5-10H2,1-2H3,(H,16,20);3-5H,1-2H3,(H,12,13). The van der Waals surface area contributed by atoms with Crippen molar-refractivity contribution in [2.24, 2.45) is 0 Å². The van der Waals surface area contributed by atoms with Crippen LogP contribution >= 0.6 is 0 Å². The third-order valence-corrected chi connectivity index (χ3v) is 5.64. The predicted molar refractivity (Wildman–Crippen MR) is 141 cm³/mol. The number of amides is 1. The number of anilines is 2. The van der Waals surface area contributed by atoms with Crippen LogP contribution in [0, 0.1) is 20.2 Å². The maximum absolute atomic E-state index is 12.3. The van der Waals surface area contributed by atoms with Crippen molar-refractivity contribution in [3.63, 3.8) is 0 Å². The molecule has 1 aliphatic rings. The van der Waals surface area contributed by atoms with Gasteiger partial charge in [0.25, 0.3) is 17.3 Å². The second-order valence-corrected chi connectivity index (χ2v) is 8.72. The van der Waals surface area contributed by atoms with Gasteiger partial charge >= 0.3 is 5.97 Å². The number of carbonyl (C=O) groups excluding carboxylic acids is 1. The smallest absolute Gasteiger partial charge is 0.337 e. The van der Waals surface area contributed by atoms with E-state index in [9.17, 15) is 29.8 Å². The van der Waals surface area contributed by atoms with Crippen LogP contribution < -0.4 is 15.1 Å². The Bertz CT molecular complexity index is 1160. The van der Waals surface area contributed by atoms with Gasteiger partial charge in [-0.3, -0.25) is 29.9 Å². The van der Waals surface area contributed by atoms with Gasteiger partial charge in [0, 0.05) is 78.6 Å². The SMILES string of the molecule is CN(C)c1cc([N+](=O)[O-])ccc1C(=O)NCCN1CCOCC1.CN(C)c1cc([N+](=O)[O-])ccc1C(=O)O. The van der Waals surface area contributed by atoms with Gasteiger partial charge in [-0.1, -0.05) is 0 Å². The zero-order chi connectivity index (χ0) is 28.4. The number of hydrogen-bond donors (Lipinski definition) is 2. The fraction of sp³-hybridized carbons (Fsp3) is 0.417. The number of hydrogen-bond acceptors (Lipinski definition) is 10. The first-order chi connectivity index (χ1) is 17.9. The Morgan fingerprint density at radius 3 is 1.84 bits per heavy atom. The molecule has 0 aliphatic carbocycles. The van der Waals surface area contributed by atoms with E-state index in [1.54, 1.807) is 33.1 Å². The lowest BCUT2D eigenvalue weighted by Gasteiger charge is -2.26. The molecule has 0 atom stereocenters. The van der Waals surface area contributed by atoms with E-state index in [1.165, 1.54) is 41.3 Å². The third-order valence-electron chi connectivity index (χ3n) is 5.64. The van der Waals surface area contributed by atoms with E-state index < -0.39 is 15.8 Å². The minimum Gasteiger partial charge on any atom is -0.478 e. The number of benzene rings is 2. The molecule has 0 saturated carbocycles. The number of carboxylic acid groups (broad SMARTS) is 1. The molecule has 1 fully saturated rings. The molecule has 14 nitrogen and oxygen atoms in total. The number of nitro benzene ring substituents is 2. The lowest BCUT2D eigenvalue weighted by atomic mass is 10.1. The monoisotopic (exact) mass is 532 g/mol. The highest BCUT2D eigenvalue weighted by Gasteiger charge is 2.18. The number of carboxylic acids is 1. The van der Waals surface area contributed by atoms with Gasteiger partial charge in [-0.2, -0.15) is 0 Å². The van der Waals surface area contributed by atoms with Gasteiger partial charge in [0.15, 0.2) is 0 Å². The first-order valence-electron chi connectivity index (χ1n) is 11.7. The fourth-order valence-electron chi connectivity index (χ4n) is 3.63. The van der Waals surface area contributed by atoms with E-state index in [1.807, 2.05) is 0 Å². The lowest BCUT2D eigenvalue weighted by molar-refractivity contribution is -0.385. The van der Waals surface area contributed by atoms with Crippen LogP contribution in [0.15, 0.2) is 36.4 Å². The molecule has 14 heteroatoms. The molecule has 2 N–H and O–H groups in total. The Morgan fingerprint density at radius 1 is 0.921 bits per heavy atom. The number of nitro groups is 2. The van der Waals surface area contributed by atoms with Crippen molar-refractivity contribution < 1.29 is 29.3 Å². The van der Waals surface area contributed by atoms with Gasteiger partial charge in [0.2, 0.25) is 0 Å². The van der Waals surface area contributed by atoms with Crippen LogP contribution in [-0.4, -0.2) is 99.3 Å². The van der Waals surface area contributed by atoms with Crippen LogP contribution in [0.1, 0.15) is 20.7 Å². The molecule has 206 valence electrons. The Kier molecular flexibility index (Phi) is 10.9. The summed E-state index contributed by atoms with van der Waals surface area (Å²) < 4.78 is 5.28. The molecule has 1 amide bonds. The molecule has 38 heavy (non-hydrogen) atoms. The zero-order valence-electron chi connectivity index (χ0n) is 21.7. The van der Waals surface area contributed by atoms with Crippen molar-refractivity contribution in [1.82, 2.24) is 10.2 Å². The van der Waals surface area contributed by atoms with Crippen LogP contribution in [0.3, 0.4) is 0 Å². The number of carbonyl (C=O) groups is 2. The zero-order valence-corrected chi connectivity index (χ0v) is 21.7. The summed E-state index contributed by atoms with van der Waals surface area (Å²) in [5, 5.41) is 33.1. The molecule has 1 heterocycles. The van der Waals surface area contributed by atoms with E-state index in [4.69, 9.17) is 9.84 Å². The number of rotatable bonds is 9. The summed E-state index contributed by atoms with van der Waals surface area (Å²) in [6.45, 7) is 4.48. The average molecular weight is 533 g/mol. The van der Waals surface area contributed by atoms with E-state index >= 15 is 0 Å². The maximum atomic E-state index is 12.3. The summed E-state index contributed by atoms with van der Waals surface area (Å²) in [6.07, 6.45) is 0.